The molecule has 0 amide bonds. The number of rotatable bonds is 8. The van der Waals surface area contributed by atoms with Crippen molar-refractivity contribution in [3.8, 4) is 0 Å². The van der Waals surface area contributed by atoms with Gasteiger partial charge in [-0.3, -0.25) is 4.99 Å². The van der Waals surface area contributed by atoms with Crippen LogP contribution in [-0.4, -0.2) is 52.0 Å². The molecule has 2 unspecified atom stereocenters. The summed E-state index contributed by atoms with van der Waals surface area (Å²) in [6, 6.07) is 8.70. The first-order chi connectivity index (χ1) is 11.7. The van der Waals surface area contributed by atoms with E-state index in [0.717, 1.165) is 38.5 Å². The van der Waals surface area contributed by atoms with Crippen LogP contribution in [0.2, 0.25) is 0 Å². The van der Waals surface area contributed by atoms with Crippen molar-refractivity contribution in [3.05, 3.63) is 35.4 Å². The zero-order chi connectivity index (χ0) is 17.2. The molecule has 1 aromatic carbocycles. The van der Waals surface area contributed by atoms with Crippen LogP contribution in [0.1, 0.15) is 36.8 Å². The number of nitrogens with zero attached hydrogens (tertiary/aromatic N) is 1. The topological polar surface area (TPSA) is 54.9 Å². The molecule has 0 radical (unpaired) electrons. The Kier molecular flexibility index (Phi) is 8.05. The zero-order valence-electron chi connectivity index (χ0n) is 15.2. The van der Waals surface area contributed by atoms with Gasteiger partial charge in [-0.25, -0.2) is 0 Å². The Morgan fingerprint density at radius 3 is 2.79 bits per heavy atom. The smallest absolute Gasteiger partial charge is 0.191 e. The van der Waals surface area contributed by atoms with Crippen molar-refractivity contribution >= 4 is 5.96 Å². The Morgan fingerprint density at radius 1 is 1.33 bits per heavy atom. The monoisotopic (exact) mass is 333 g/mol. The summed E-state index contributed by atoms with van der Waals surface area (Å²) in [6.07, 6.45) is 2.56. The highest BCUT2D eigenvalue weighted by atomic mass is 16.5. The molecule has 5 heteroatoms. The van der Waals surface area contributed by atoms with Gasteiger partial charge in [-0.2, -0.15) is 0 Å². The fraction of sp³-hybridized carbons (Fsp3) is 0.632. The molecule has 1 aliphatic heterocycles. The van der Waals surface area contributed by atoms with Gasteiger partial charge in [0.2, 0.25) is 0 Å². The van der Waals surface area contributed by atoms with E-state index in [-0.39, 0.29) is 6.10 Å². The minimum atomic E-state index is 0.290. The maximum Gasteiger partial charge on any atom is 0.191 e. The van der Waals surface area contributed by atoms with Crippen LogP contribution in [0.15, 0.2) is 29.3 Å². The maximum atomic E-state index is 5.65. The first kappa shape index (κ1) is 18.7. The fourth-order valence-corrected chi connectivity index (χ4v) is 2.72. The minimum absolute atomic E-state index is 0.290. The molecule has 1 heterocycles. The van der Waals surface area contributed by atoms with Gasteiger partial charge in [0.05, 0.1) is 19.3 Å². The third-order valence-electron chi connectivity index (χ3n) is 4.31. The summed E-state index contributed by atoms with van der Waals surface area (Å²) in [7, 11) is 1.79. The van der Waals surface area contributed by atoms with Gasteiger partial charge in [-0.1, -0.05) is 36.8 Å². The van der Waals surface area contributed by atoms with Crippen molar-refractivity contribution in [1.29, 1.82) is 0 Å². The summed E-state index contributed by atoms with van der Waals surface area (Å²) in [6.45, 7) is 8.15. The quantitative estimate of drug-likeness (QED) is 0.436. The molecule has 1 fully saturated rings. The minimum Gasteiger partial charge on any atom is -0.377 e. The maximum absolute atomic E-state index is 5.65. The van der Waals surface area contributed by atoms with Crippen molar-refractivity contribution in [2.75, 3.05) is 40.0 Å². The van der Waals surface area contributed by atoms with Gasteiger partial charge in [0, 0.05) is 26.7 Å². The van der Waals surface area contributed by atoms with Crippen LogP contribution in [0.3, 0.4) is 0 Å². The van der Waals surface area contributed by atoms with Crippen LogP contribution in [0.5, 0.6) is 0 Å². The highest BCUT2D eigenvalue weighted by molar-refractivity contribution is 5.79. The highest BCUT2D eigenvalue weighted by Gasteiger charge is 2.15. The molecule has 1 aromatic rings. The second-order valence-corrected chi connectivity index (χ2v) is 6.40. The van der Waals surface area contributed by atoms with E-state index in [1.807, 2.05) is 0 Å². The van der Waals surface area contributed by atoms with Crippen molar-refractivity contribution in [2.24, 2.45) is 4.99 Å². The van der Waals surface area contributed by atoms with E-state index in [0.29, 0.717) is 19.1 Å². The number of aryl methyl sites for hydroxylation is 1. The molecule has 134 valence electrons. The number of hydrogen-bond donors (Lipinski definition) is 2. The lowest BCUT2D eigenvalue weighted by Gasteiger charge is -2.17. The Hall–Kier alpha value is -1.59. The summed E-state index contributed by atoms with van der Waals surface area (Å²) in [5.41, 5.74) is 2.63. The van der Waals surface area contributed by atoms with Crippen LogP contribution >= 0.6 is 0 Å². The standard InChI is InChI=1S/C19H31N3O2/c1-15-6-8-17(9-7-15)16(2)13-22-19(20-3)21-10-12-23-14-18-5-4-11-24-18/h6-9,16,18H,4-5,10-14H2,1-3H3,(H2,20,21,22). The third kappa shape index (κ3) is 6.49. The van der Waals surface area contributed by atoms with Gasteiger partial charge < -0.3 is 20.1 Å². The van der Waals surface area contributed by atoms with E-state index in [4.69, 9.17) is 9.47 Å². The predicted molar refractivity (Wildman–Crippen MR) is 98.8 cm³/mol. The van der Waals surface area contributed by atoms with E-state index in [2.05, 4.69) is 53.7 Å². The lowest BCUT2D eigenvalue weighted by molar-refractivity contribution is 0.0191. The molecule has 24 heavy (non-hydrogen) atoms. The number of aliphatic imine (C=N–C) groups is 1. The molecule has 2 atom stereocenters. The average molecular weight is 333 g/mol. The normalized spacial score (nSPS) is 19.3. The second kappa shape index (κ2) is 10.3. The van der Waals surface area contributed by atoms with Gasteiger partial charge in [0.25, 0.3) is 0 Å². The average Bonchev–Trinajstić information content (AvgIpc) is 3.11. The number of guanidine groups is 1. The summed E-state index contributed by atoms with van der Waals surface area (Å²) in [5.74, 6) is 1.24. The molecule has 2 rings (SSSR count). The van der Waals surface area contributed by atoms with Gasteiger partial charge in [-0.05, 0) is 31.2 Å². The Bertz CT molecular complexity index is 496. The predicted octanol–water partition coefficient (Wildman–Crippen LogP) is 2.46. The van der Waals surface area contributed by atoms with E-state index in [1.165, 1.54) is 11.1 Å². The molecule has 0 spiro atoms. The molecule has 5 nitrogen and oxygen atoms in total. The Balaban J connectivity index is 1.60. The second-order valence-electron chi connectivity index (χ2n) is 6.40. The summed E-state index contributed by atoms with van der Waals surface area (Å²) in [4.78, 5) is 4.26. The van der Waals surface area contributed by atoms with Crippen molar-refractivity contribution in [1.82, 2.24) is 10.6 Å². The van der Waals surface area contributed by atoms with E-state index < -0.39 is 0 Å². The molecule has 0 saturated carbocycles. The summed E-state index contributed by atoms with van der Waals surface area (Å²) in [5, 5.41) is 6.66. The largest absolute Gasteiger partial charge is 0.377 e. The van der Waals surface area contributed by atoms with Gasteiger partial charge in [-0.15, -0.1) is 0 Å². The molecular formula is C19H31N3O2. The van der Waals surface area contributed by atoms with Crippen LogP contribution < -0.4 is 10.6 Å². The molecule has 1 aliphatic rings. The van der Waals surface area contributed by atoms with E-state index >= 15 is 0 Å². The lowest BCUT2D eigenvalue weighted by atomic mass is 10.0. The van der Waals surface area contributed by atoms with Crippen LogP contribution in [0.25, 0.3) is 0 Å². The Morgan fingerprint density at radius 2 is 2.12 bits per heavy atom. The zero-order valence-corrected chi connectivity index (χ0v) is 15.2. The van der Waals surface area contributed by atoms with Crippen molar-refractivity contribution in [2.45, 2.75) is 38.7 Å². The van der Waals surface area contributed by atoms with E-state index in [9.17, 15) is 0 Å². The first-order valence-corrected chi connectivity index (χ1v) is 8.89. The number of ether oxygens (including phenoxy) is 2. The van der Waals surface area contributed by atoms with Gasteiger partial charge in [0.1, 0.15) is 0 Å². The molecule has 2 N–H and O–H groups in total. The number of benzene rings is 1. The van der Waals surface area contributed by atoms with Gasteiger partial charge in [0.15, 0.2) is 5.96 Å². The van der Waals surface area contributed by atoms with Crippen LogP contribution in [0.4, 0.5) is 0 Å². The number of nitrogens with one attached hydrogen (secondary N) is 2. The lowest BCUT2D eigenvalue weighted by Crippen LogP contribution is -2.40. The number of hydrogen-bond acceptors (Lipinski definition) is 3. The molecular weight excluding hydrogens is 302 g/mol. The fourth-order valence-electron chi connectivity index (χ4n) is 2.72. The van der Waals surface area contributed by atoms with Crippen molar-refractivity contribution in [3.63, 3.8) is 0 Å². The molecule has 0 aliphatic carbocycles. The molecule has 0 bridgehead atoms. The van der Waals surface area contributed by atoms with Gasteiger partial charge >= 0.3 is 0 Å². The van der Waals surface area contributed by atoms with Crippen LogP contribution in [0, 0.1) is 6.92 Å². The SMILES string of the molecule is CN=C(NCCOCC1CCCO1)NCC(C)c1ccc(C)cc1. The third-order valence-corrected chi connectivity index (χ3v) is 4.31. The molecule has 1 saturated heterocycles. The summed E-state index contributed by atoms with van der Waals surface area (Å²) >= 11 is 0. The van der Waals surface area contributed by atoms with Crippen LogP contribution in [-0.2, 0) is 9.47 Å². The first-order valence-electron chi connectivity index (χ1n) is 8.89. The summed E-state index contributed by atoms with van der Waals surface area (Å²) < 4.78 is 11.2. The highest BCUT2D eigenvalue weighted by Crippen LogP contribution is 2.14. The Labute approximate surface area is 145 Å². The van der Waals surface area contributed by atoms with Crippen molar-refractivity contribution < 1.29 is 9.47 Å². The molecule has 0 aromatic heterocycles. The van der Waals surface area contributed by atoms with E-state index in [1.54, 1.807) is 7.05 Å².